The molecule has 0 aromatic heterocycles. The number of carbonyl (C=O) groups is 1. The Kier molecular flexibility index (Phi) is 3.74. The van der Waals surface area contributed by atoms with Crippen LogP contribution in [0.25, 0.3) is 0 Å². The average molecular weight is 277 g/mol. The molecule has 1 aromatic rings. The molecule has 0 fully saturated rings. The normalized spacial score (nSPS) is 21.6. The van der Waals surface area contributed by atoms with Gasteiger partial charge in [-0.15, -0.1) is 0 Å². The van der Waals surface area contributed by atoms with E-state index in [4.69, 9.17) is 9.47 Å². The van der Waals surface area contributed by atoms with Crippen molar-refractivity contribution in [2.75, 3.05) is 7.11 Å². The second-order valence-corrected chi connectivity index (χ2v) is 4.57. The van der Waals surface area contributed by atoms with Gasteiger partial charge in [-0.25, -0.2) is 0 Å². The van der Waals surface area contributed by atoms with E-state index in [9.17, 15) is 14.9 Å². The Balaban J connectivity index is 2.46. The quantitative estimate of drug-likeness (QED) is 0.623. The maximum absolute atomic E-state index is 11.7. The van der Waals surface area contributed by atoms with Gasteiger partial charge >= 0.3 is 6.23 Å². The molecule has 0 N–H and O–H groups in total. The third-order valence-electron chi connectivity index (χ3n) is 3.33. The summed E-state index contributed by atoms with van der Waals surface area (Å²) in [6.45, 7) is 2.97. The summed E-state index contributed by atoms with van der Waals surface area (Å²) in [5, 5.41) is 11.1. The molecule has 1 aliphatic heterocycles. The molecule has 0 unspecified atom stereocenters. The summed E-state index contributed by atoms with van der Waals surface area (Å²) in [5.41, 5.74) is 1.02. The second kappa shape index (κ2) is 5.32. The van der Waals surface area contributed by atoms with E-state index >= 15 is 0 Å². The molecule has 0 spiro atoms. The van der Waals surface area contributed by atoms with Crippen molar-refractivity contribution in [2.45, 2.75) is 26.0 Å². The number of nitro groups is 1. The Bertz CT molecular complexity index is 576. The van der Waals surface area contributed by atoms with Crippen LogP contribution in [-0.2, 0) is 9.53 Å². The second-order valence-electron chi connectivity index (χ2n) is 4.57. The lowest BCUT2D eigenvalue weighted by Gasteiger charge is -2.14. The van der Waals surface area contributed by atoms with Gasteiger partial charge in [0.2, 0.25) is 0 Å². The Hall–Kier alpha value is -2.37. The molecule has 6 nitrogen and oxygen atoms in total. The van der Waals surface area contributed by atoms with Crippen molar-refractivity contribution in [3.8, 4) is 5.75 Å². The zero-order valence-corrected chi connectivity index (χ0v) is 11.5. The van der Waals surface area contributed by atoms with Gasteiger partial charge in [0, 0.05) is 0 Å². The number of ketones is 1. The summed E-state index contributed by atoms with van der Waals surface area (Å²) in [7, 11) is 1.54. The van der Waals surface area contributed by atoms with Crippen LogP contribution in [0, 0.1) is 10.1 Å². The third-order valence-corrected chi connectivity index (χ3v) is 3.33. The molecule has 1 aromatic carbocycles. The van der Waals surface area contributed by atoms with Crippen LogP contribution in [0.4, 0.5) is 0 Å². The smallest absolute Gasteiger partial charge is 0.364 e. The summed E-state index contributed by atoms with van der Waals surface area (Å²) in [5.74, 6) is 0.0662. The highest BCUT2D eigenvalue weighted by Gasteiger charge is 2.45. The number of allylic oxidation sites excluding steroid dienone is 1. The number of hydrogen-bond acceptors (Lipinski definition) is 5. The number of ether oxygens (including phenoxy) is 2. The lowest BCUT2D eigenvalue weighted by atomic mass is 9.88. The van der Waals surface area contributed by atoms with E-state index in [-0.39, 0.29) is 5.78 Å². The highest BCUT2D eigenvalue weighted by Crippen LogP contribution is 2.40. The number of hydrogen-bond donors (Lipinski definition) is 0. The predicted molar refractivity (Wildman–Crippen MR) is 71.0 cm³/mol. The molecule has 1 heterocycles. The minimum Gasteiger partial charge on any atom is -0.497 e. The van der Waals surface area contributed by atoms with Crippen LogP contribution in [0.15, 0.2) is 35.6 Å². The van der Waals surface area contributed by atoms with Crippen molar-refractivity contribution < 1.29 is 19.2 Å². The first-order chi connectivity index (χ1) is 9.45. The van der Waals surface area contributed by atoms with Gasteiger partial charge in [0.15, 0.2) is 5.78 Å². The molecular weight excluding hydrogens is 262 g/mol. The van der Waals surface area contributed by atoms with Gasteiger partial charge < -0.3 is 9.47 Å². The fraction of sp³-hybridized carbons (Fsp3) is 0.357. The van der Waals surface area contributed by atoms with Crippen molar-refractivity contribution in [2.24, 2.45) is 0 Å². The van der Waals surface area contributed by atoms with E-state index in [0.29, 0.717) is 22.6 Å². The van der Waals surface area contributed by atoms with Crippen molar-refractivity contribution in [3.63, 3.8) is 0 Å². The van der Waals surface area contributed by atoms with Crippen LogP contribution >= 0.6 is 0 Å². The summed E-state index contributed by atoms with van der Waals surface area (Å²) < 4.78 is 10.3. The minimum absolute atomic E-state index is 0.215. The summed E-state index contributed by atoms with van der Waals surface area (Å²) in [6, 6.07) is 6.84. The molecule has 106 valence electrons. The zero-order chi connectivity index (χ0) is 14.9. The van der Waals surface area contributed by atoms with Gasteiger partial charge in [0.25, 0.3) is 0 Å². The van der Waals surface area contributed by atoms with Crippen LogP contribution in [0.5, 0.6) is 5.75 Å². The summed E-state index contributed by atoms with van der Waals surface area (Å²) in [4.78, 5) is 22.4. The van der Waals surface area contributed by atoms with Crippen LogP contribution in [0.1, 0.15) is 25.3 Å². The number of nitrogens with zero attached hydrogens (tertiary/aromatic N) is 1. The molecule has 0 saturated heterocycles. The number of benzene rings is 1. The third kappa shape index (κ3) is 2.36. The lowest BCUT2D eigenvalue weighted by Crippen LogP contribution is -2.27. The van der Waals surface area contributed by atoms with Crippen LogP contribution in [-0.4, -0.2) is 24.0 Å². The first-order valence-corrected chi connectivity index (χ1v) is 6.11. The van der Waals surface area contributed by atoms with Gasteiger partial charge in [-0.1, -0.05) is 12.1 Å². The SMILES string of the molecule is COc1ccc([C@@H]2C(C(C)=O)=C(C)O[C@H]2[N+](=O)[O-])cc1. The Labute approximate surface area is 116 Å². The van der Waals surface area contributed by atoms with Crippen LogP contribution < -0.4 is 4.74 Å². The maximum atomic E-state index is 11.7. The molecular formula is C14H15NO5. The topological polar surface area (TPSA) is 78.7 Å². The molecule has 0 bridgehead atoms. The highest BCUT2D eigenvalue weighted by molar-refractivity contribution is 5.95. The van der Waals surface area contributed by atoms with Gasteiger partial charge in [-0.3, -0.25) is 14.9 Å². The van der Waals surface area contributed by atoms with Crippen molar-refractivity contribution in [3.05, 3.63) is 51.3 Å². The largest absolute Gasteiger partial charge is 0.497 e. The molecule has 0 radical (unpaired) electrons. The maximum Gasteiger partial charge on any atom is 0.364 e. The standard InChI is InChI=1S/C14H15NO5/c1-8(16)12-9(2)20-14(15(17)18)13(12)10-4-6-11(19-3)7-5-10/h4-7,13-14H,1-3H3/t13-,14-/m1/s1. The molecule has 0 saturated carbocycles. The summed E-state index contributed by atoms with van der Waals surface area (Å²) >= 11 is 0. The zero-order valence-electron chi connectivity index (χ0n) is 11.5. The summed E-state index contributed by atoms with van der Waals surface area (Å²) in [6.07, 6.45) is -1.26. The first-order valence-electron chi connectivity index (χ1n) is 6.11. The Morgan fingerprint density at radius 2 is 1.95 bits per heavy atom. The van der Waals surface area contributed by atoms with Crippen molar-refractivity contribution >= 4 is 5.78 Å². The Morgan fingerprint density at radius 1 is 1.35 bits per heavy atom. The van der Waals surface area contributed by atoms with E-state index in [2.05, 4.69) is 0 Å². The fourth-order valence-electron chi connectivity index (χ4n) is 2.45. The number of Topliss-reactive ketones (excluding diaryl/α,β-unsaturated/α-hetero) is 1. The van der Waals surface area contributed by atoms with E-state index in [1.165, 1.54) is 6.92 Å². The van der Waals surface area contributed by atoms with Gasteiger partial charge in [-0.05, 0) is 31.5 Å². The number of carbonyl (C=O) groups excluding carboxylic acids is 1. The van der Waals surface area contributed by atoms with E-state index in [1.807, 2.05) is 0 Å². The van der Waals surface area contributed by atoms with Crippen molar-refractivity contribution in [1.82, 2.24) is 0 Å². The Morgan fingerprint density at radius 3 is 2.40 bits per heavy atom. The molecule has 1 aliphatic rings. The molecule has 2 rings (SSSR count). The molecule has 6 heteroatoms. The molecule has 0 amide bonds. The fourth-order valence-corrected chi connectivity index (χ4v) is 2.45. The van der Waals surface area contributed by atoms with Gasteiger partial charge in [-0.2, -0.15) is 0 Å². The van der Waals surface area contributed by atoms with Crippen LogP contribution in [0.3, 0.4) is 0 Å². The average Bonchev–Trinajstić information content (AvgIpc) is 2.76. The van der Waals surface area contributed by atoms with E-state index < -0.39 is 17.1 Å². The van der Waals surface area contributed by atoms with Gasteiger partial charge in [0.05, 0.1) is 17.6 Å². The predicted octanol–water partition coefficient (Wildman–Crippen LogP) is 2.27. The highest BCUT2D eigenvalue weighted by atomic mass is 16.7. The van der Waals surface area contributed by atoms with Crippen molar-refractivity contribution in [1.29, 1.82) is 0 Å². The van der Waals surface area contributed by atoms with Gasteiger partial charge in [0.1, 0.15) is 17.4 Å². The minimum atomic E-state index is -1.26. The monoisotopic (exact) mass is 277 g/mol. The molecule has 2 atom stereocenters. The van der Waals surface area contributed by atoms with Crippen LogP contribution in [0.2, 0.25) is 0 Å². The molecule has 20 heavy (non-hydrogen) atoms. The van der Waals surface area contributed by atoms with E-state index in [1.54, 1.807) is 38.3 Å². The first kappa shape index (κ1) is 14.0. The van der Waals surface area contributed by atoms with E-state index in [0.717, 1.165) is 0 Å². The number of rotatable bonds is 4. The lowest BCUT2D eigenvalue weighted by molar-refractivity contribution is -0.570. The number of methoxy groups -OCH3 is 1. The molecule has 0 aliphatic carbocycles.